The summed E-state index contributed by atoms with van der Waals surface area (Å²) in [6, 6.07) is 0. The van der Waals surface area contributed by atoms with E-state index in [2.05, 4.69) is 6.92 Å². The van der Waals surface area contributed by atoms with Crippen molar-refractivity contribution in [2.24, 2.45) is 5.92 Å². The first kappa shape index (κ1) is 7.58. The Hall–Kier alpha value is -0.530. The van der Waals surface area contributed by atoms with Gasteiger partial charge in [-0.05, 0) is 18.8 Å². The van der Waals surface area contributed by atoms with Crippen LogP contribution in [-0.4, -0.2) is 12.6 Å². The summed E-state index contributed by atoms with van der Waals surface area (Å²) in [6.45, 7) is 2.75. The highest BCUT2D eigenvalue weighted by atomic mass is 16.5. The fourth-order valence-electron chi connectivity index (χ4n) is 1.15. The number of hydrogen-bond donors (Lipinski definition) is 0. The van der Waals surface area contributed by atoms with Gasteiger partial charge in [-0.15, -0.1) is 0 Å². The Bertz CT molecular complexity index is 120. The predicted molar refractivity (Wildman–Crippen MR) is 38.6 cm³/mol. The first-order valence-corrected chi connectivity index (χ1v) is 3.94. The van der Waals surface area contributed by atoms with E-state index in [0.29, 0.717) is 18.9 Å². The summed E-state index contributed by atoms with van der Waals surface area (Å²) < 4.78 is 4.96. The lowest BCUT2D eigenvalue weighted by Gasteiger charge is -2.14. The van der Waals surface area contributed by atoms with Crippen LogP contribution in [-0.2, 0) is 9.53 Å². The van der Waals surface area contributed by atoms with Crippen LogP contribution < -0.4 is 0 Å². The molecule has 2 nitrogen and oxygen atoms in total. The molecule has 1 atom stereocenters. The molecule has 2 heteroatoms. The molecule has 1 fully saturated rings. The van der Waals surface area contributed by atoms with Gasteiger partial charge in [0.05, 0.1) is 6.61 Å². The van der Waals surface area contributed by atoms with Crippen molar-refractivity contribution in [2.75, 3.05) is 6.61 Å². The van der Waals surface area contributed by atoms with Crippen LogP contribution in [0.2, 0.25) is 0 Å². The molecule has 1 unspecified atom stereocenters. The second kappa shape index (κ2) is 3.59. The Morgan fingerprint density at radius 1 is 1.50 bits per heavy atom. The van der Waals surface area contributed by atoms with E-state index < -0.39 is 0 Å². The Kier molecular flexibility index (Phi) is 2.72. The van der Waals surface area contributed by atoms with Crippen LogP contribution in [0.5, 0.6) is 0 Å². The molecule has 1 aliphatic heterocycles. The van der Waals surface area contributed by atoms with Gasteiger partial charge in [-0.2, -0.15) is 0 Å². The van der Waals surface area contributed by atoms with Crippen molar-refractivity contribution in [2.45, 2.75) is 32.6 Å². The molecule has 1 rings (SSSR count). The lowest BCUT2D eigenvalue weighted by Crippen LogP contribution is -2.14. The van der Waals surface area contributed by atoms with Crippen molar-refractivity contribution in [1.82, 2.24) is 0 Å². The topological polar surface area (TPSA) is 26.3 Å². The number of ether oxygens (including phenoxy) is 1. The summed E-state index contributed by atoms with van der Waals surface area (Å²) in [6.07, 6.45) is 4.00. The Morgan fingerprint density at radius 3 is 3.10 bits per heavy atom. The van der Waals surface area contributed by atoms with Gasteiger partial charge in [0.2, 0.25) is 0 Å². The molecule has 0 radical (unpaired) electrons. The molecule has 0 N–H and O–H groups in total. The molecule has 1 heterocycles. The summed E-state index contributed by atoms with van der Waals surface area (Å²) in [5.74, 6) is 0.538. The number of rotatable bonds is 0. The molecule has 1 saturated heterocycles. The predicted octanol–water partition coefficient (Wildman–Crippen LogP) is 1.74. The lowest BCUT2D eigenvalue weighted by molar-refractivity contribution is -0.145. The van der Waals surface area contributed by atoms with Crippen LogP contribution in [0.15, 0.2) is 0 Å². The van der Waals surface area contributed by atoms with E-state index in [0.717, 1.165) is 6.42 Å². The lowest BCUT2D eigenvalue weighted by atomic mass is 10.0. The minimum Gasteiger partial charge on any atom is -0.465 e. The van der Waals surface area contributed by atoms with Gasteiger partial charge < -0.3 is 4.74 Å². The van der Waals surface area contributed by atoms with Crippen molar-refractivity contribution < 1.29 is 9.53 Å². The molecule has 58 valence electrons. The summed E-state index contributed by atoms with van der Waals surface area (Å²) in [4.78, 5) is 10.8. The molecule has 0 bridgehead atoms. The number of hydrogen-bond acceptors (Lipinski definition) is 2. The van der Waals surface area contributed by atoms with Crippen molar-refractivity contribution >= 4 is 5.97 Å². The van der Waals surface area contributed by atoms with Crippen molar-refractivity contribution in [3.05, 3.63) is 0 Å². The molecule has 10 heavy (non-hydrogen) atoms. The van der Waals surface area contributed by atoms with Crippen LogP contribution in [0.3, 0.4) is 0 Å². The molecule has 0 amide bonds. The second-order valence-electron chi connectivity index (χ2n) is 3.03. The third-order valence-corrected chi connectivity index (χ3v) is 1.86. The van der Waals surface area contributed by atoms with Gasteiger partial charge >= 0.3 is 5.97 Å². The highest BCUT2D eigenvalue weighted by Crippen LogP contribution is 2.13. The number of cyclic esters (lactones) is 1. The smallest absolute Gasteiger partial charge is 0.305 e. The first-order chi connectivity index (χ1) is 4.79. The van der Waals surface area contributed by atoms with Crippen molar-refractivity contribution in [3.8, 4) is 0 Å². The van der Waals surface area contributed by atoms with Gasteiger partial charge in [0, 0.05) is 6.42 Å². The highest BCUT2D eigenvalue weighted by Gasteiger charge is 2.10. The average molecular weight is 142 g/mol. The molecule has 0 aromatic carbocycles. The third kappa shape index (κ3) is 2.38. The van der Waals surface area contributed by atoms with Gasteiger partial charge in [0.15, 0.2) is 0 Å². The minimum absolute atomic E-state index is 0.0217. The molecular formula is C8H14O2. The quantitative estimate of drug-likeness (QED) is 0.481. The average Bonchev–Trinajstić information content (AvgIpc) is 1.90. The van der Waals surface area contributed by atoms with Gasteiger partial charge in [0.25, 0.3) is 0 Å². The fraction of sp³-hybridized carbons (Fsp3) is 0.875. The maximum absolute atomic E-state index is 10.8. The summed E-state index contributed by atoms with van der Waals surface area (Å²) in [5, 5.41) is 0. The maximum Gasteiger partial charge on any atom is 0.305 e. The van der Waals surface area contributed by atoms with Gasteiger partial charge in [-0.3, -0.25) is 4.79 Å². The van der Waals surface area contributed by atoms with E-state index in [1.807, 2.05) is 0 Å². The summed E-state index contributed by atoms with van der Waals surface area (Å²) in [5.41, 5.74) is 0. The Balaban J connectivity index is 2.29. The number of carbonyl (C=O) groups is 1. The standard InChI is InChI=1S/C8H14O2/c1-7-4-2-3-5-8(9)10-6-7/h7H,2-6H2,1H3. The molecule has 0 aromatic rings. The van der Waals surface area contributed by atoms with Gasteiger partial charge in [0.1, 0.15) is 0 Å². The normalized spacial score (nSPS) is 28.5. The zero-order valence-corrected chi connectivity index (χ0v) is 6.43. The van der Waals surface area contributed by atoms with E-state index in [1.165, 1.54) is 12.8 Å². The molecule has 0 aromatic heterocycles. The van der Waals surface area contributed by atoms with Crippen LogP contribution in [0, 0.1) is 5.92 Å². The molecule has 1 aliphatic rings. The number of carbonyl (C=O) groups excluding carboxylic acids is 1. The number of esters is 1. The Morgan fingerprint density at radius 2 is 2.30 bits per heavy atom. The summed E-state index contributed by atoms with van der Waals surface area (Å²) in [7, 11) is 0. The minimum atomic E-state index is -0.0217. The summed E-state index contributed by atoms with van der Waals surface area (Å²) >= 11 is 0. The SMILES string of the molecule is CC1CCCCC(=O)OC1. The monoisotopic (exact) mass is 142 g/mol. The van der Waals surface area contributed by atoms with E-state index in [4.69, 9.17) is 4.74 Å². The van der Waals surface area contributed by atoms with Crippen LogP contribution in [0.25, 0.3) is 0 Å². The first-order valence-electron chi connectivity index (χ1n) is 3.94. The van der Waals surface area contributed by atoms with Crippen LogP contribution in [0.4, 0.5) is 0 Å². The molecule has 0 spiro atoms. The second-order valence-corrected chi connectivity index (χ2v) is 3.03. The third-order valence-electron chi connectivity index (χ3n) is 1.86. The zero-order valence-electron chi connectivity index (χ0n) is 6.43. The van der Waals surface area contributed by atoms with Gasteiger partial charge in [-0.25, -0.2) is 0 Å². The van der Waals surface area contributed by atoms with Crippen LogP contribution >= 0.6 is 0 Å². The van der Waals surface area contributed by atoms with E-state index in [1.54, 1.807) is 0 Å². The molecular weight excluding hydrogens is 128 g/mol. The maximum atomic E-state index is 10.8. The molecule has 0 aliphatic carbocycles. The Labute approximate surface area is 61.6 Å². The largest absolute Gasteiger partial charge is 0.465 e. The molecule has 0 saturated carbocycles. The van der Waals surface area contributed by atoms with Gasteiger partial charge in [-0.1, -0.05) is 13.3 Å². The highest BCUT2D eigenvalue weighted by molar-refractivity contribution is 5.69. The van der Waals surface area contributed by atoms with E-state index in [9.17, 15) is 4.79 Å². The zero-order chi connectivity index (χ0) is 7.40. The van der Waals surface area contributed by atoms with Crippen molar-refractivity contribution in [1.29, 1.82) is 0 Å². The van der Waals surface area contributed by atoms with E-state index in [-0.39, 0.29) is 5.97 Å². The fourth-order valence-corrected chi connectivity index (χ4v) is 1.15. The van der Waals surface area contributed by atoms with Crippen molar-refractivity contribution in [3.63, 3.8) is 0 Å². The van der Waals surface area contributed by atoms with Crippen LogP contribution in [0.1, 0.15) is 32.6 Å². The van der Waals surface area contributed by atoms with E-state index >= 15 is 0 Å².